The van der Waals surface area contributed by atoms with E-state index in [4.69, 9.17) is 72.6 Å². The molecule has 15 bridgehead atoms. The third-order valence-electron chi connectivity index (χ3n) is 25.1. The predicted octanol–water partition coefficient (Wildman–Crippen LogP) is 3.19. The molecular formula is C84H104Cl2N10O26. The predicted molar refractivity (Wildman–Crippen MR) is 430 cm³/mol. The highest BCUT2D eigenvalue weighted by Gasteiger charge is 2.56. The number of aliphatic carboxylic acids is 1. The zero-order valence-electron chi connectivity index (χ0n) is 67.8. The number of carbonyl (C=O) groups is 8. The van der Waals surface area contributed by atoms with Crippen LogP contribution in [0, 0.1) is 29.1 Å². The number of hydrogen-bond donors (Lipinski definition) is 20. The first kappa shape index (κ1) is 89.0. The Bertz CT molecular complexity index is 4840. The first-order valence-electron chi connectivity index (χ1n) is 40.7. The van der Waals surface area contributed by atoms with Crippen LogP contribution in [0.4, 0.5) is 0 Å². The van der Waals surface area contributed by atoms with Gasteiger partial charge in [-0.3, -0.25) is 33.6 Å². The van der Waals surface area contributed by atoms with Gasteiger partial charge in [-0.25, -0.2) is 4.79 Å². The monoisotopic (exact) mass is 1740 g/mol. The third-order valence-corrected chi connectivity index (χ3v) is 25.7. The molecule has 36 nitrogen and oxygen atoms in total. The smallest absolute Gasteiger partial charge is 0.330 e. The van der Waals surface area contributed by atoms with Crippen molar-refractivity contribution in [2.24, 2.45) is 40.6 Å². The molecule has 3 saturated heterocycles. The van der Waals surface area contributed by atoms with E-state index in [0.717, 1.165) is 67.8 Å². The number of hydrogen-bond acceptors (Lipinski definition) is 28. The number of phenolic OH excluding ortho intramolecular Hbond substituents is 3. The second-order valence-electron chi connectivity index (χ2n) is 34.9. The molecule has 5 aromatic rings. The minimum absolute atomic E-state index is 0.0137. The second-order valence-corrected chi connectivity index (χ2v) is 35.7. The molecule has 12 aliphatic rings. The van der Waals surface area contributed by atoms with E-state index in [9.17, 15) is 65.4 Å². The number of nitrogens with two attached hydrogens (primary N) is 2. The summed E-state index contributed by atoms with van der Waals surface area (Å²) in [7, 11) is 1.48. The number of halogens is 2. The van der Waals surface area contributed by atoms with E-state index in [1.807, 2.05) is 20.8 Å². The maximum Gasteiger partial charge on any atom is 0.330 e. The molecule has 7 amide bonds. The summed E-state index contributed by atoms with van der Waals surface area (Å²) in [5, 5.41) is 138. The van der Waals surface area contributed by atoms with Gasteiger partial charge in [-0.2, -0.15) is 0 Å². The fraction of sp³-hybridized carbons (Fsp3) is 0.548. The molecule has 0 aromatic heterocycles. The number of primary amides is 1. The van der Waals surface area contributed by atoms with Crippen LogP contribution in [0.15, 0.2) is 78.9 Å². The number of amides is 7. The average Bonchev–Trinajstić information content (AvgIpc) is 0.741. The number of carboxylic acids is 1. The summed E-state index contributed by atoms with van der Waals surface area (Å²) in [5.74, 6) is -14.0. The summed E-state index contributed by atoms with van der Waals surface area (Å²) in [4.78, 5) is 121. The topological polar surface area (TPSA) is 561 Å². The highest BCUT2D eigenvalue weighted by Crippen LogP contribution is 2.60. The van der Waals surface area contributed by atoms with Crippen molar-refractivity contribution < 1.29 is 127 Å². The van der Waals surface area contributed by atoms with E-state index >= 15 is 24.0 Å². The Morgan fingerprint density at radius 2 is 1.24 bits per heavy atom. The van der Waals surface area contributed by atoms with Crippen molar-refractivity contribution in [1.82, 2.24) is 42.5 Å². The van der Waals surface area contributed by atoms with Gasteiger partial charge >= 0.3 is 5.97 Å². The lowest BCUT2D eigenvalue weighted by molar-refractivity contribution is -0.334. The van der Waals surface area contributed by atoms with Gasteiger partial charge in [-0.05, 0) is 186 Å². The Hall–Kier alpha value is -9.32. The molecule has 17 rings (SSSR count). The molecule has 22 atom stereocenters. The van der Waals surface area contributed by atoms with Gasteiger partial charge in [0.15, 0.2) is 36.2 Å². The molecule has 660 valence electrons. The highest BCUT2D eigenvalue weighted by molar-refractivity contribution is 6.32. The van der Waals surface area contributed by atoms with Crippen molar-refractivity contribution >= 4 is 70.5 Å². The molecular weight excluding hydrogens is 1640 g/mol. The Balaban J connectivity index is 0.973. The van der Waals surface area contributed by atoms with E-state index in [0.29, 0.717) is 24.3 Å². The molecule has 0 unspecified atom stereocenters. The van der Waals surface area contributed by atoms with Gasteiger partial charge in [-0.1, -0.05) is 55.2 Å². The number of rotatable bonds is 18. The summed E-state index contributed by atoms with van der Waals surface area (Å²) < 4.78 is 53.2. The van der Waals surface area contributed by atoms with Crippen LogP contribution in [-0.4, -0.2) is 222 Å². The largest absolute Gasteiger partial charge is 0.508 e. The molecule has 0 radical (unpaired) electrons. The fourth-order valence-electron chi connectivity index (χ4n) is 19.3. The minimum Gasteiger partial charge on any atom is -0.508 e. The van der Waals surface area contributed by atoms with Crippen LogP contribution in [0.2, 0.25) is 10.0 Å². The van der Waals surface area contributed by atoms with E-state index in [1.54, 1.807) is 6.92 Å². The lowest BCUT2D eigenvalue weighted by Gasteiger charge is -2.58. The lowest BCUT2D eigenvalue weighted by Crippen LogP contribution is -2.66. The van der Waals surface area contributed by atoms with Crippen LogP contribution in [-0.2, 0) is 62.0 Å². The van der Waals surface area contributed by atoms with Crippen molar-refractivity contribution in [3.8, 4) is 57.1 Å². The quantitative estimate of drug-likeness (QED) is 0.0599. The molecule has 122 heavy (non-hydrogen) atoms. The normalized spacial score (nSPS) is 34.7. The maximum absolute atomic E-state index is 16.6. The van der Waals surface area contributed by atoms with Gasteiger partial charge in [0.05, 0.1) is 53.5 Å². The fourth-order valence-corrected chi connectivity index (χ4v) is 19.8. The van der Waals surface area contributed by atoms with Gasteiger partial charge in [0.2, 0.25) is 53.4 Å². The van der Waals surface area contributed by atoms with Crippen LogP contribution in [0.25, 0.3) is 11.1 Å². The van der Waals surface area contributed by atoms with Gasteiger partial charge in [0.1, 0.15) is 89.5 Å². The summed E-state index contributed by atoms with van der Waals surface area (Å²) in [6, 6.07) is -0.0908. The van der Waals surface area contributed by atoms with Crippen molar-refractivity contribution in [2.45, 2.75) is 239 Å². The first-order chi connectivity index (χ1) is 57.7. The molecule has 8 heterocycles. The number of carbonyl (C=O) groups excluding carboxylic acids is 7. The van der Waals surface area contributed by atoms with E-state index in [1.165, 1.54) is 70.5 Å². The number of phenols is 3. The Morgan fingerprint density at radius 1 is 0.648 bits per heavy atom. The van der Waals surface area contributed by atoms with Crippen LogP contribution in [0.5, 0.6) is 46.0 Å². The van der Waals surface area contributed by atoms with E-state index in [2.05, 4.69) is 42.5 Å². The third kappa shape index (κ3) is 18.3. The standard InChI is InChI=1S/C84H104Cl2N10O26/c1-33(2)14-48(89-7)74(107)95-64-66(102)40-9-12-52(46(85)19-40)117-54-21-42-22-55(70(54)122-81-71(68(104)67(103)56(31-97)119-81)121-59-30-83(6,73(106)35(4)116-59)90-32-84-26-36-15-37(27-84)17-38(16-36)28-84)118-53-13-10-41(20-47(53)86)69(120-58-29-82(5,88)72(105)34(3)115-58)65-79(112)94-63(80(113)114)45-23-43(98)24-51(100)60(45)44-18-39(8-11-50(44)99)61(76(109)96-65)93-77(110)62(42)92-75(108)49(25-57(87)101)91-78(64)111/h8-13,18-24,33-38,48-49,56,58-59,61-69,71-73,81,89-90,97-100,102-106H,14-17,25-32,88H2,1-7H3,(H2,87,101)(H,91,111)(H,92,108)(H,93,110)(H,94,112)(H,95,107)(H,96,109)(H,113,114)/t34-,35-,36?,37?,38?,48+,49-,56+,58-,59-,61+,62+,63-,64+,65-,66+,67+,68-,69+,71+,72-,73-,81-,82-,83-,84?/m0/s1. The van der Waals surface area contributed by atoms with Gasteiger partial charge in [0, 0.05) is 53.2 Å². The maximum atomic E-state index is 16.6. The van der Waals surface area contributed by atoms with Gasteiger partial charge in [-0.15, -0.1) is 0 Å². The molecule has 0 spiro atoms. The molecule has 7 fully saturated rings. The van der Waals surface area contributed by atoms with Crippen LogP contribution in [0.3, 0.4) is 0 Å². The molecule has 38 heteroatoms. The van der Waals surface area contributed by atoms with Crippen molar-refractivity contribution in [3.63, 3.8) is 0 Å². The number of nitrogens with one attached hydrogen (secondary N) is 8. The summed E-state index contributed by atoms with van der Waals surface area (Å²) in [6.45, 7) is 9.71. The number of aliphatic hydroxyl groups excluding tert-OH is 6. The SMILES string of the molecule is CN[C@H](CC(C)C)C(=O)N[C@H]1C(=O)N[C@@H](CC(N)=O)C(=O)N[C@H]2C(=O)N[C@H]3C(=O)N[C@H](C(=O)N[C@H](C(=O)O)c4cc(O)cc(O)c4-c4cc3ccc4O)[C@H](O[C@H]3C[C@](C)(N)[C@@H](O)[C@H](C)O3)c3ccc(c(Cl)c3)Oc3cc2cc(c3O[C@@H]2O[C@H](CO)[C@@H](O)[C@H](O)[C@H]2O[C@H]2C[C@](C)(NCC34CC5CC(CC(C5)C3)C4)[C@@H](O)[C@H](C)O2)Oc2ccc(cc2Cl)[C@H]1O. The summed E-state index contributed by atoms with van der Waals surface area (Å²) in [6.07, 6.45) is -15.5. The van der Waals surface area contributed by atoms with Crippen LogP contribution < -0.4 is 68.2 Å². The minimum atomic E-state index is -2.38. The van der Waals surface area contributed by atoms with Crippen LogP contribution in [0.1, 0.15) is 164 Å². The average molecular weight is 1740 g/mol. The molecule has 4 saturated carbocycles. The molecule has 4 aliphatic carbocycles. The second kappa shape index (κ2) is 35.4. The molecule has 8 aliphatic heterocycles. The number of ether oxygens (including phenoxy) is 8. The zero-order chi connectivity index (χ0) is 87.8. The Kier molecular flexibility index (Phi) is 25.8. The zero-order valence-corrected chi connectivity index (χ0v) is 69.3. The van der Waals surface area contributed by atoms with Crippen molar-refractivity contribution in [2.75, 3.05) is 20.2 Å². The molecule has 5 aromatic carbocycles. The van der Waals surface area contributed by atoms with E-state index < -0.39 is 255 Å². The first-order valence-corrected chi connectivity index (χ1v) is 41.5. The van der Waals surface area contributed by atoms with Crippen LogP contribution >= 0.6 is 23.2 Å². The number of aliphatic hydroxyl groups is 6. The lowest BCUT2D eigenvalue weighted by atomic mass is 9.49. The van der Waals surface area contributed by atoms with Gasteiger partial charge < -0.3 is 143 Å². The van der Waals surface area contributed by atoms with Gasteiger partial charge in [0.25, 0.3) is 0 Å². The highest BCUT2D eigenvalue weighted by atomic mass is 35.5. The summed E-state index contributed by atoms with van der Waals surface area (Å²) >= 11 is 14.7. The van der Waals surface area contributed by atoms with Crippen molar-refractivity contribution in [1.29, 1.82) is 0 Å². The number of benzene rings is 5. The number of aromatic hydroxyl groups is 3. The van der Waals surface area contributed by atoms with E-state index in [-0.39, 0.29) is 63.8 Å². The Labute approximate surface area is 710 Å². The molecule has 22 N–H and O–H groups in total. The Morgan fingerprint density at radius 3 is 1.84 bits per heavy atom. The number of fused-ring (bicyclic) bond motifs is 15. The summed E-state index contributed by atoms with van der Waals surface area (Å²) in [5.41, 5.74) is 7.24. The number of carboxylic acid groups (broad SMARTS) is 1. The van der Waals surface area contributed by atoms with Crippen molar-refractivity contribution in [3.05, 3.63) is 117 Å². The number of likely N-dealkylation sites (N-methyl/N-ethyl adjacent to an activating group) is 1.